The second-order valence-electron chi connectivity index (χ2n) is 6.66. The highest BCUT2D eigenvalue weighted by molar-refractivity contribution is 14.0. The number of anilines is 1. The number of sulfonamides is 1. The second kappa shape index (κ2) is 13.1. The minimum atomic E-state index is -3.13. The summed E-state index contributed by atoms with van der Waals surface area (Å²) in [4.78, 5) is 6.89. The van der Waals surface area contributed by atoms with Crippen molar-refractivity contribution >= 4 is 45.6 Å². The first-order valence-electron chi connectivity index (χ1n) is 9.89. The number of aliphatic imine (C=N–C) groups is 1. The van der Waals surface area contributed by atoms with Crippen LogP contribution in [0.3, 0.4) is 0 Å². The number of halogens is 1. The van der Waals surface area contributed by atoms with Crippen molar-refractivity contribution < 1.29 is 13.2 Å². The number of para-hydroxylation sites is 2. The predicted octanol–water partition coefficient (Wildman–Crippen LogP) is 1.78. The van der Waals surface area contributed by atoms with Gasteiger partial charge in [0.25, 0.3) is 0 Å². The van der Waals surface area contributed by atoms with Gasteiger partial charge in [-0.1, -0.05) is 12.1 Å². The fourth-order valence-electron chi connectivity index (χ4n) is 3.10. The van der Waals surface area contributed by atoms with E-state index in [4.69, 9.17) is 4.74 Å². The maximum atomic E-state index is 11.4. The third kappa shape index (κ3) is 8.55. The average molecular weight is 539 g/mol. The van der Waals surface area contributed by atoms with Crippen LogP contribution < -0.4 is 25.0 Å². The Morgan fingerprint density at radius 3 is 2.76 bits per heavy atom. The van der Waals surface area contributed by atoms with Gasteiger partial charge in [-0.3, -0.25) is 4.99 Å². The minimum Gasteiger partial charge on any atom is -0.495 e. The average Bonchev–Trinajstić information content (AvgIpc) is 3.16. The molecule has 1 heterocycles. The third-order valence-corrected chi connectivity index (χ3v) is 6.01. The highest BCUT2D eigenvalue weighted by atomic mass is 127. The lowest BCUT2D eigenvalue weighted by Crippen LogP contribution is -2.44. The third-order valence-electron chi connectivity index (χ3n) is 4.61. The Kier molecular flexibility index (Phi) is 11.7. The summed E-state index contributed by atoms with van der Waals surface area (Å²) in [5, 5.41) is 6.75. The summed E-state index contributed by atoms with van der Waals surface area (Å²) in [6.07, 6.45) is 1.67. The largest absolute Gasteiger partial charge is 0.495 e. The molecule has 1 atom stereocenters. The van der Waals surface area contributed by atoms with Crippen molar-refractivity contribution in [3.8, 4) is 5.75 Å². The number of hydrogen-bond acceptors (Lipinski definition) is 5. The maximum absolute atomic E-state index is 11.4. The molecule has 0 saturated carbocycles. The van der Waals surface area contributed by atoms with Crippen LogP contribution in [0.1, 0.15) is 26.7 Å². The lowest BCUT2D eigenvalue weighted by atomic mass is 10.2. The highest BCUT2D eigenvalue weighted by Crippen LogP contribution is 2.30. The smallest absolute Gasteiger partial charge is 0.211 e. The molecule has 10 heteroatoms. The number of ether oxygens (including phenoxy) is 1. The molecule has 0 bridgehead atoms. The molecule has 0 radical (unpaired) electrons. The summed E-state index contributed by atoms with van der Waals surface area (Å²) in [5.74, 6) is 1.76. The molecular formula is C19H34IN5O3S. The predicted molar refractivity (Wildman–Crippen MR) is 130 cm³/mol. The zero-order valence-corrected chi connectivity index (χ0v) is 20.6. The van der Waals surface area contributed by atoms with Gasteiger partial charge in [0.2, 0.25) is 10.0 Å². The highest BCUT2D eigenvalue weighted by Gasteiger charge is 2.25. The van der Waals surface area contributed by atoms with Gasteiger partial charge in [0, 0.05) is 38.8 Å². The zero-order valence-electron chi connectivity index (χ0n) is 17.5. The maximum Gasteiger partial charge on any atom is 0.211 e. The molecule has 8 nitrogen and oxygen atoms in total. The molecule has 166 valence electrons. The molecular weight excluding hydrogens is 505 g/mol. The van der Waals surface area contributed by atoms with Crippen molar-refractivity contribution in [1.82, 2.24) is 15.4 Å². The normalized spacial score (nSPS) is 17.0. The van der Waals surface area contributed by atoms with Crippen molar-refractivity contribution in [2.75, 3.05) is 50.5 Å². The van der Waals surface area contributed by atoms with E-state index in [1.54, 1.807) is 14.0 Å². The van der Waals surface area contributed by atoms with Crippen LogP contribution in [0.25, 0.3) is 0 Å². The van der Waals surface area contributed by atoms with Crippen molar-refractivity contribution in [2.45, 2.75) is 32.7 Å². The standard InChI is InChI=1S/C19H33N5O3S.HI/c1-4-20-19(21-12-8-13-22-28(25,26)5-2)23-16-11-14-24(15-16)17-9-6-7-10-18(17)27-3;/h6-7,9-10,16,22H,4-5,8,11-15H2,1-3H3,(H2,20,21,23);1H. The van der Waals surface area contributed by atoms with Crippen LogP contribution in [0.5, 0.6) is 5.75 Å². The zero-order chi connectivity index (χ0) is 20.4. The molecule has 1 aromatic rings. The van der Waals surface area contributed by atoms with Crippen molar-refractivity contribution in [3.05, 3.63) is 24.3 Å². The lowest BCUT2D eigenvalue weighted by Gasteiger charge is -2.22. The summed E-state index contributed by atoms with van der Waals surface area (Å²) in [7, 11) is -1.44. The van der Waals surface area contributed by atoms with Crippen LogP contribution in [0.4, 0.5) is 5.69 Å². The fourth-order valence-corrected chi connectivity index (χ4v) is 3.76. The monoisotopic (exact) mass is 539 g/mol. The van der Waals surface area contributed by atoms with Crippen LogP contribution in [0.2, 0.25) is 0 Å². The van der Waals surface area contributed by atoms with E-state index < -0.39 is 10.0 Å². The van der Waals surface area contributed by atoms with Gasteiger partial charge in [0.15, 0.2) is 5.96 Å². The van der Waals surface area contributed by atoms with Crippen LogP contribution in [-0.4, -0.2) is 66.0 Å². The fraction of sp³-hybridized carbons (Fsp3) is 0.632. The number of hydrogen-bond donors (Lipinski definition) is 3. The molecule has 2 rings (SSSR count). The molecule has 0 spiro atoms. The van der Waals surface area contributed by atoms with Crippen molar-refractivity contribution in [3.63, 3.8) is 0 Å². The molecule has 1 unspecified atom stereocenters. The number of nitrogens with one attached hydrogen (secondary N) is 3. The van der Waals surface area contributed by atoms with Crippen LogP contribution >= 0.6 is 24.0 Å². The quantitative estimate of drug-likeness (QED) is 0.182. The van der Waals surface area contributed by atoms with Gasteiger partial charge in [-0.05, 0) is 38.8 Å². The van der Waals surface area contributed by atoms with Crippen molar-refractivity contribution in [1.29, 1.82) is 0 Å². The Morgan fingerprint density at radius 1 is 1.31 bits per heavy atom. The van der Waals surface area contributed by atoms with E-state index in [9.17, 15) is 8.42 Å². The second-order valence-corrected chi connectivity index (χ2v) is 8.76. The molecule has 1 aliphatic heterocycles. The molecule has 1 aromatic carbocycles. The van der Waals surface area contributed by atoms with E-state index >= 15 is 0 Å². The van der Waals surface area contributed by atoms with Crippen LogP contribution in [-0.2, 0) is 10.0 Å². The van der Waals surface area contributed by atoms with E-state index in [0.717, 1.165) is 43.5 Å². The molecule has 1 aliphatic rings. The minimum absolute atomic E-state index is 0. The van der Waals surface area contributed by atoms with Gasteiger partial charge < -0.3 is 20.3 Å². The summed E-state index contributed by atoms with van der Waals surface area (Å²) < 4.78 is 30.9. The first kappa shape index (κ1) is 25.8. The first-order chi connectivity index (χ1) is 13.5. The topological polar surface area (TPSA) is 95.1 Å². The van der Waals surface area contributed by atoms with Crippen LogP contribution in [0.15, 0.2) is 29.3 Å². The van der Waals surface area contributed by atoms with Gasteiger partial charge in [0.1, 0.15) is 5.75 Å². The Balaban J connectivity index is 0.00000420. The number of methoxy groups -OCH3 is 1. The van der Waals surface area contributed by atoms with Gasteiger partial charge in [0.05, 0.1) is 18.6 Å². The van der Waals surface area contributed by atoms with Gasteiger partial charge in [-0.25, -0.2) is 13.1 Å². The summed E-state index contributed by atoms with van der Waals surface area (Å²) in [5.41, 5.74) is 1.11. The van der Waals surface area contributed by atoms with Gasteiger partial charge in [-0.15, -0.1) is 24.0 Å². The summed E-state index contributed by atoms with van der Waals surface area (Å²) >= 11 is 0. The Bertz CT molecular complexity index is 745. The molecule has 1 saturated heterocycles. The molecule has 29 heavy (non-hydrogen) atoms. The number of rotatable bonds is 10. The molecule has 1 fully saturated rings. The SMILES string of the molecule is CCNC(=NCCCNS(=O)(=O)CC)NC1CCN(c2ccccc2OC)C1.I. The van der Waals surface area contributed by atoms with Crippen LogP contribution in [0, 0.1) is 0 Å². The van der Waals surface area contributed by atoms with Gasteiger partial charge >= 0.3 is 0 Å². The van der Waals surface area contributed by atoms with E-state index in [-0.39, 0.29) is 29.7 Å². The van der Waals surface area contributed by atoms with Crippen molar-refractivity contribution in [2.24, 2.45) is 4.99 Å². The molecule has 3 N–H and O–H groups in total. The van der Waals surface area contributed by atoms with E-state index in [2.05, 4.69) is 31.3 Å². The molecule has 0 amide bonds. The Labute approximate surface area is 191 Å². The van der Waals surface area contributed by atoms with E-state index in [0.29, 0.717) is 25.6 Å². The summed E-state index contributed by atoms with van der Waals surface area (Å²) in [6, 6.07) is 8.36. The Hall–Kier alpha value is -1.27. The number of guanidine groups is 1. The first-order valence-corrected chi connectivity index (χ1v) is 11.5. The van der Waals surface area contributed by atoms with Gasteiger partial charge in [-0.2, -0.15) is 0 Å². The summed E-state index contributed by atoms with van der Waals surface area (Å²) in [6.45, 7) is 7.23. The number of nitrogens with zero attached hydrogens (tertiary/aromatic N) is 2. The van der Waals surface area contributed by atoms with E-state index in [1.165, 1.54) is 0 Å². The lowest BCUT2D eigenvalue weighted by molar-refractivity contribution is 0.415. The Morgan fingerprint density at radius 2 is 2.07 bits per heavy atom. The molecule has 0 aliphatic carbocycles. The van der Waals surface area contributed by atoms with E-state index in [1.807, 2.05) is 25.1 Å². The number of benzene rings is 1. The molecule has 0 aromatic heterocycles.